The number of rotatable bonds is 5. The number of amides is 1. The lowest BCUT2D eigenvalue weighted by molar-refractivity contribution is -0.120. The normalized spacial score (nSPS) is 14.8. The molecule has 0 saturated heterocycles. The number of carbonyl (C=O) groups excluding carboxylic acids is 2. The van der Waals surface area contributed by atoms with E-state index in [-0.39, 0.29) is 17.7 Å². The number of carbonyl (C=O) groups is 2. The third-order valence-electron chi connectivity index (χ3n) is 4.06. The van der Waals surface area contributed by atoms with Gasteiger partial charge in [0.25, 0.3) is 0 Å². The number of nitrogens with one attached hydrogen (secondary N) is 1. The Morgan fingerprint density at radius 2 is 2.00 bits per heavy atom. The van der Waals surface area contributed by atoms with E-state index in [2.05, 4.69) is 19.2 Å². The van der Waals surface area contributed by atoms with Crippen molar-refractivity contribution in [3.63, 3.8) is 0 Å². The Morgan fingerprint density at radius 3 is 2.71 bits per heavy atom. The molecule has 0 spiro atoms. The maximum Gasteiger partial charge on any atom is 0.239 e. The summed E-state index contributed by atoms with van der Waals surface area (Å²) in [6.45, 7) is 5.22. The number of nitrogens with zero attached hydrogens (tertiary/aromatic N) is 1. The van der Waals surface area contributed by atoms with Gasteiger partial charge in [-0.2, -0.15) is 0 Å². The average molecular weight is 288 g/mol. The molecule has 0 aromatic heterocycles. The first-order valence-corrected chi connectivity index (χ1v) is 7.82. The van der Waals surface area contributed by atoms with Crippen LogP contribution in [-0.2, 0) is 4.79 Å². The zero-order valence-corrected chi connectivity index (χ0v) is 12.9. The van der Waals surface area contributed by atoms with Gasteiger partial charge < -0.3 is 10.2 Å². The minimum absolute atomic E-state index is 0.0350. The van der Waals surface area contributed by atoms with Crippen molar-refractivity contribution < 1.29 is 9.59 Å². The number of benzene rings is 1. The molecule has 0 aliphatic carbocycles. The van der Waals surface area contributed by atoms with Crippen LogP contribution in [0.3, 0.4) is 0 Å². The zero-order chi connectivity index (χ0) is 15.2. The van der Waals surface area contributed by atoms with Crippen molar-refractivity contribution in [1.29, 1.82) is 0 Å². The van der Waals surface area contributed by atoms with Crippen LogP contribution in [0.1, 0.15) is 49.9 Å². The molecule has 1 aromatic rings. The molecule has 2 rings (SSSR count). The van der Waals surface area contributed by atoms with Gasteiger partial charge in [-0.3, -0.25) is 9.59 Å². The minimum Gasteiger partial charge on any atom is -0.362 e. The molecule has 0 radical (unpaired) electrons. The quantitative estimate of drug-likeness (QED) is 0.906. The maximum absolute atomic E-state index is 12.2. The van der Waals surface area contributed by atoms with Gasteiger partial charge >= 0.3 is 0 Å². The highest BCUT2D eigenvalue weighted by atomic mass is 16.2. The fourth-order valence-corrected chi connectivity index (χ4v) is 2.77. The summed E-state index contributed by atoms with van der Waals surface area (Å²) in [6, 6.07) is 7.83. The molecule has 0 unspecified atom stereocenters. The number of hydrogen-bond donors (Lipinski definition) is 1. The van der Waals surface area contributed by atoms with Crippen molar-refractivity contribution in [2.24, 2.45) is 0 Å². The largest absolute Gasteiger partial charge is 0.362 e. The second kappa shape index (κ2) is 7.25. The number of hydrogen-bond acceptors (Lipinski definition) is 3. The van der Waals surface area contributed by atoms with E-state index in [0.717, 1.165) is 37.1 Å². The molecular weight excluding hydrogens is 264 g/mol. The van der Waals surface area contributed by atoms with Crippen molar-refractivity contribution in [2.45, 2.75) is 45.6 Å². The molecule has 1 aliphatic heterocycles. The third kappa shape index (κ3) is 3.84. The zero-order valence-electron chi connectivity index (χ0n) is 12.9. The predicted molar refractivity (Wildman–Crippen MR) is 84.7 cm³/mol. The van der Waals surface area contributed by atoms with Gasteiger partial charge in [-0.1, -0.05) is 26.0 Å². The van der Waals surface area contributed by atoms with Crippen LogP contribution in [0.25, 0.3) is 0 Å². The summed E-state index contributed by atoms with van der Waals surface area (Å²) in [7, 11) is 0. The number of fused-ring (bicyclic) bond motifs is 1. The molecule has 114 valence electrons. The predicted octanol–water partition coefficient (Wildman–Crippen LogP) is 2.77. The molecule has 4 nitrogen and oxygen atoms in total. The average Bonchev–Trinajstić information content (AvgIpc) is 2.65. The Hall–Kier alpha value is -1.84. The molecule has 1 heterocycles. The highest BCUT2D eigenvalue weighted by Crippen LogP contribution is 2.25. The van der Waals surface area contributed by atoms with Gasteiger partial charge in [0.05, 0.1) is 6.54 Å². The lowest BCUT2D eigenvalue weighted by Crippen LogP contribution is -2.42. The van der Waals surface area contributed by atoms with Crippen molar-refractivity contribution >= 4 is 17.4 Å². The van der Waals surface area contributed by atoms with Crippen LogP contribution in [0.4, 0.5) is 5.69 Å². The van der Waals surface area contributed by atoms with Crippen LogP contribution in [-0.4, -0.2) is 30.8 Å². The molecule has 4 heteroatoms. The summed E-state index contributed by atoms with van der Waals surface area (Å²) in [6.07, 6.45) is 3.24. The van der Waals surface area contributed by atoms with E-state index in [1.165, 1.54) is 0 Å². The van der Waals surface area contributed by atoms with Gasteiger partial charge in [0.2, 0.25) is 5.91 Å². The van der Waals surface area contributed by atoms with Crippen molar-refractivity contribution in [1.82, 2.24) is 5.32 Å². The van der Waals surface area contributed by atoms with E-state index in [1.807, 2.05) is 29.2 Å². The Balaban J connectivity index is 2.11. The number of Topliss-reactive ketones (excluding diaryl/α,β-unsaturated/α-hetero) is 1. The van der Waals surface area contributed by atoms with Crippen LogP contribution in [0.15, 0.2) is 24.3 Å². The van der Waals surface area contributed by atoms with Gasteiger partial charge in [0.1, 0.15) is 0 Å². The Bertz CT molecular complexity index is 509. The van der Waals surface area contributed by atoms with Crippen LogP contribution < -0.4 is 10.2 Å². The third-order valence-corrected chi connectivity index (χ3v) is 4.06. The van der Waals surface area contributed by atoms with Crippen molar-refractivity contribution in [3.05, 3.63) is 29.8 Å². The maximum atomic E-state index is 12.2. The molecule has 1 aliphatic rings. The number of para-hydroxylation sites is 1. The van der Waals surface area contributed by atoms with Gasteiger partial charge in [0, 0.05) is 30.3 Å². The fourth-order valence-electron chi connectivity index (χ4n) is 2.77. The fraction of sp³-hybridized carbons (Fsp3) is 0.529. The summed E-state index contributed by atoms with van der Waals surface area (Å²) in [4.78, 5) is 26.3. The summed E-state index contributed by atoms with van der Waals surface area (Å²) in [5.74, 6) is 0.210. The molecule has 1 amide bonds. The van der Waals surface area contributed by atoms with Crippen molar-refractivity contribution in [2.75, 3.05) is 18.0 Å². The molecule has 1 aromatic carbocycles. The van der Waals surface area contributed by atoms with Crippen LogP contribution in [0.2, 0.25) is 0 Å². The van der Waals surface area contributed by atoms with E-state index < -0.39 is 0 Å². The molecule has 0 atom stereocenters. The molecule has 0 bridgehead atoms. The lowest BCUT2D eigenvalue weighted by Gasteiger charge is -2.25. The van der Waals surface area contributed by atoms with Gasteiger partial charge in [-0.25, -0.2) is 0 Å². The Kier molecular flexibility index (Phi) is 5.37. The van der Waals surface area contributed by atoms with Crippen molar-refractivity contribution in [3.8, 4) is 0 Å². The first-order chi connectivity index (χ1) is 10.2. The Morgan fingerprint density at radius 1 is 1.29 bits per heavy atom. The van der Waals surface area contributed by atoms with E-state index in [0.29, 0.717) is 13.0 Å². The van der Waals surface area contributed by atoms with E-state index in [9.17, 15) is 9.59 Å². The highest BCUT2D eigenvalue weighted by Gasteiger charge is 2.22. The number of anilines is 1. The lowest BCUT2D eigenvalue weighted by atomic mass is 10.1. The van der Waals surface area contributed by atoms with Crippen LogP contribution in [0, 0.1) is 0 Å². The summed E-state index contributed by atoms with van der Waals surface area (Å²) < 4.78 is 0. The molecule has 0 fully saturated rings. The van der Waals surface area contributed by atoms with Gasteiger partial charge in [-0.05, 0) is 31.4 Å². The monoisotopic (exact) mass is 288 g/mol. The molecule has 1 N–H and O–H groups in total. The Labute approximate surface area is 126 Å². The smallest absolute Gasteiger partial charge is 0.239 e. The second-order valence-corrected chi connectivity index (χ2v) is 5.55. The van der Waals surface area contributed by atoms with E-state index >= 15 is 0 Å². The van der Waals surface area contributed by atoms with E-state index in [4.69, 9.17) is 0 Å². The standard InChI is InChI=1S/C17H24N2O2/c1-3-13(4-2)18-17(21)12-19-11-7-10-16(20)14-8-5-6-9-15(14)19/h5-6,8-9,13H,3-4,7,10-12H2,1-2H3,(H,18,21). The topological polar surface area (TPSA) is 49.4 Å². The SMILES string of the molecule is CCC(CC)NC(=O)CN1CCCC(=O)c2ccccc21. The summed E-state index contributed by atoms with van der Waals surface area (Å²) in [5.41, 5.74) is 1.63. The van der Waals surface area contributed by atoms with Crippen LogP contribution in [0.5, 0.6) is 0 Å². The molecule has 21 heavy (non-hydrogen) atoms. The minimum atomic E-state index is 0.0350. The summed E-state index contributed by atoms with van der Waals surface area (Å²) in [5, 5.41) is 3.06. The highest BCUT2D eigenvalue weighted by molar-refractivity contribution is 6.02. The van der Waals surface area contributed by atoms with E-state index in [1.54, 1.807) is 0 Å². The second-order valence-electron chi connectivity index (χ2n) is 5.55. The first kappa shape index (κ1) is 15.5. The number of ketones is 1. The molecule has 0 saturated carbocycles. The molecular formula is C17H24N2O2. The van der Waals surface area contributed by atoms with Crippen LogP contribution >= 0.6 is 0 Å². The first-order valence-electron chi connectivity index (χ1n) is 7.82. The summed E-state index contributed by atoms with van der Waals surface area (Å²) >= 11 is 0. The van der Waals surface area contributed by atoms with Gasteiger partial charge in [-0.15, -0.1) is 0 Å². The van der Waals surface area contributed by atoms with Gasteiger partial charge in [0.15, 0.2) is 5.78 Å².